The number of nitrogens with two attached hydrogens (primary N) is 1. The average molecular weight is 240 g/mol. The van der Waals surface area contributed by atoms with E-state index in [0.717, 1.165) is 18.8 Å². The zero-order valence-corrected chi connectivity index (χ0v) is 11.6. The summed E-state index contributed by atoms with van der Waals surface area (Å²) in [4.78, 5) is 11.7. The zero-order valence-electron chi connectivity index (χ0n) is 11.6. The van der Waals surface area contributed by atoms with Gasteiger partial charge in [0.05, 0.1) is 0 Å². The van der Waals surface area contributed by atoms with Gasteiger partial charge in [-0.15, -0.1) is 0 Å². The van der Waals surface area contributed by atoms with Gasteiger partial charge in [0.15, 0.2) is 0 Å². The van der Waals surface area contributed by atoms with Crippen LogP contribution in [-0.4, -0.2) is 17.5 Å². The standard InChI is InChI=1S/C14H28N2O/c1-4-5-11-6-8-12(9-7-11)16-13(17)10-14(2,3)15/h11-12H,4-10,15H2,1-3H3,(H,16,17). The van der Waals surface area contributed by atoms with E-state index in [2.05, 4.69) is 12.2 Å². The molecule has 0 aliphatic heterocycles. The lowest BCUT2D eigenvalue weighted by molar-refractivity contribution is -0.123. The number of rotatable bonds is 5. The molecule has 0 radical (unpaired) electrons. The first kappa shape index (κ1) is 14.5. The van der Waals surface area contributed by atoms with Gasteiger partial charge in [-0.1, -0.05) is 19.8 Å². The Morgan fingerprint density at radius 2 is 1.88 bits per heavy atom. The molecule has 3 nitrogen and oxygen atoms in total. The van der Waals surface area contributed by atoms with Crippen molar-refractivity contribution in [2.75, 3.05) is 0 Å². The van der Waals surface area contributed by atoms with Crippen LogP contribution in [0.1, 0.15) is 65.7 Å². The van der Waals surface area contributed by atoms with Crippen LogP contribution in [0.2, 0.25) is 0 Å². The first-order valence-electron chi connectivity index (χ1n) is 6.99. The number of hydrogen-bond acceptors (Lipinski definition) is 2. The van der Waals surface area contributed by atoms with Crippen LogP contribution in [0.3, 0.4) is 0 Å². The Labute approximate surface area is 106 Å². The third kappa shape index (κ3) is 6.06. The Morgan fingerprint density at radius 1 is 1.29 bits per heavy atom. The third-order valence-corrected chi connectivity index (χ3v) is 3.52. The second-order valence-corrected chi connectivity index (χ2v) is 6.24. The van der Waals surface area contributed by atoms with Crippen molar-refractivity contribution in [2.45, 2.75) is 77.3 Å². The number of carbonyl (C=O) groups is 1. The third-order valence-electron chi connectivity index (χ3n) is 3.52. The summed E-state index contributed by atoms with van der Waals surface area (Å²) in [7, 11) is 0. The molecule has 1 saturated carbocycles. The maximum Gasteiger partial charge on any atom is 0.222 e. The van der Waals surface area contributed by atoms with Crippen molar-refractivity contribution in [3.8, 4) is 0 Å². The van der Waals surface area contributed by atoms with E-state index in [9.17, 15) is 4.79 Å². The van der Waals surface area contributed by atoms with E-state index in [1.807, 2.05) is 13.8 Å². The van der Waals surface area contributed by atoms with E-state index in [-0.39, 0.29) is 5.91 Å². The molecular weight excluding hydrogens is 212 g/mol. The molecule has 17 heavy (non-hydrogen) atoms. The molecular formula is C14H28N2O. The second kappa shape index (κ2) is 6.39. The van der Waals surface area contributed by atoms with Crippen LogP contribution in [0, 0.1) is 5.92 Å². The molecule has 1 amide bonds. The molecule has 100 valence electrons. The molecule has 3 heteroatoms. The maximum atomic E-state index is 11.7. The summed E-state index contributed by atoms with van der Waals surface area (Å²) < 4.78 is 0. The van der Waals surface area contributed by atoms with Crippen molar-refractivity contribution >= 4 is 5.91 Å². The lowest BCUT2D eigenvalue weighted by Gasteiger charge is -2.29. The highest BCUT2D eigenvalue weighted by Crippen LogP contribution is 2.27. The highest BCUT2D eigenvalue weighted by Gasteiger charge is 2.23. The van der Waals surface area contributed by atoms with E-state index >= 15 is 0 Å². The summed E-state index contributed by atoms with van der Waals surface area (Å²) in [5.41, 5.74) is 5.44. The van der Waals surface area contributed by atoms with Crippen LogP contribution in [0.15, 0.2) is 0 Å². The van der Waals surface area contributed by atoms with Crippen LogP contribution in [0.5, 0.6) is 0 Å². The van der Waals surface area contributed by atoms with E-state index in [1.165, 1.54) is 25.7 Å². The average Bonchev–Trinajstić information content (AvgIpc) is 2.18. The normalized spacial score (nSPS) is 25.6. The minimum atomic E-state index is -0.399. The van der Waals surface area contributed by atoms with Crippen LogP contribution in [0.4, 0.5) is 0 Å². The Hall–Kier alpha value is -0.570. The van der Waals surface area contributed by atoms with Crippen molar-refractivity contribution in [3.05, 3.63) is 0 Å². The van der Waals surface area contributed by atoms with Gasteiger partial charge in [0.25, 0.3) is 0 Å². The SMILES string of the molecule is CCCC1CCC(NC(=O)CC(C)(C)N)CC1. The van der Waals surface area contributed by atoms with E-state index in [0.29, 0.717) is 12.5 Å². The van der Waals surface area contributed by atoms with E-state index in [4.69, 9.17) is 5.73 Å². The van der Waals surface area contributed by atoms with Crippen molar-refractivity contribution in [3.63, 3.8) is 0 Å². The fraction of sp³-hybridized carbons (Fsp3) is 0.929. The Kier molecular flexibility index (Phi) is 5.44. The van der Waals surface area contributed by atoms with Crippen LogP contribution < -0.4 is 11.1 Å². The van der Waals surface area contributed by atoms with Crippen LogP contribution in [0.25, 0.3) is 0 Å². The van der Waals surface area contributed by atoms with Gasteiger partial charge in [-0.25, -0.2) is 0 Å². The molecule has 1 fully saturated rings. The summed E-state index contributed by atoms with van der Waals surface area (Å²) >= 11 is 0. The number of amides is 1. The predicted molar refractivity (Wildman–Crippen MR) is 71.7 cm³/mol. The summed E-state index contributed by atoms with van der Waals surface area (Å²) in [6, 6.07) is 0.387. The fourth-order valence-corrected chi connectivity index (χ4v) is 2.70. The first-order chi connectivity index (χ1) is 7.90. The van der Waals surface area contributed by atoms with Gasteiger partial charge < -0.3 is 11.1 Å². The lowest BCUT2D eigenvalue weighted by Crippen LogP contribution is -2.43. The molecule has 0 heterocycles. The molecule has 0 aromatic carbocycles. The number of carbonyl (C=O) groups excluding carboxylic acids is 1. The van der Waals surface area contributed by atoms with Crippen LogP contribution >= 0.6 is 0 Å². The zero-order chi connectivity index (χ0) is 12.9. The lowest BCUT2D eigenvalue weighted by atomic mass is 9.83. The highest BCUT2D eigenvalue weighted by molar-refractivity contribution is 5.77. The number of nitrogens with one attached hydrogen (secondary N) is 1. The molecule has 3 N–H and O–H groups in total. The minimum Gasteiger partial charge on any atom is -0.353 e. The highest BCUT2D eigenvalue weighted by atomic mass is 16.1. The van der Waals surface area contributed by atoms with Gasteiger partial charge in [0, 0.05) is 18.0 Å². The van der Waals surface area contributed by atoms with Gasteiger partial charge in [0.2, 0.25) is 5.91 Å². The van der Waals surface area contributed by atoms with Crippen LogP contribution in [-0.2, 0) is 4.79 Å². The molecule has 0 bridgehead atoms. The molecule has 0 aromatic rings. The summed E-state index contributed by atoms with van der Waals surface area (Å²) in [5, 5.41) is 3.12. The minimum absolute atomic E-state index is 0.108. The maximum absolute atomic E-state index is 11.7. The molecule has 0 aromatic heterocycles. The van der Waals surface area contributed by atoms with Gasteiger partial charge >= 0.3 is 0 Å². The van der Waals surface area contributed by atoms with E-state index in [1.54, 1.807) is 0 Å². The number of hydrogen-bond donors (Lipinski definition) is 2. The summed E-state index contributed by atoms with van der Waals surface area (Å²) in [6.45, 7) is 6.03. The first-order valence-corrected chi connectivity index (χ1v) is 6.99. The molecule has 0 atom stereocenters. The largest absolute Gasteiger partial charge is 0.353 e. The molecule has 0 unspecified atom stereocenters. The monoisotopic (exact) mass is 240 g/mol. The van der Waals surface area contributed by atoms with Crippen molar-refractivity contribution in [2.24, 2.45) is 11.7 Å². The topological polar surface area (TPSA) is 55.1 Å². The summed E-state index contributed by atoms with van der Waals surface area (Å²) in [5.74, 6) is 0.996. The van der Waals surface area contributed by atoms with E-state index < -0.39 is 5.54 Å². The molecule has 1 rings (SSSR count). The predicted octanol–water partition coefficient (Wildman–Crippen LogP) is 2.59. The Balaban J connectivity index is 2.24. The summed E-state index contributed by atoms with van der Waals surface area (Å²) in [6.07, 6.45) is 7.86. The van der Waals surface area contributed by atoms with Gasteiger partial charge in [-0.2, -0.15) is 0 Å². The Morgan fingerprint density at radius 3 is 2.35 bits per heavy atom. The van der Waals surface area contributed by atoms with Crippen molar-refractivity contribution in [1.82, 2.24) is 5.32 Å². The molecule has 0 saturated heterocycles. The van der Waals surface area contributed by atoms with Crippen molar-refractivity contribution < 1.29 is 4.79 Å². The molecule has 1 aliphatic rings. The smallest absolute Gasteiger partial charge is 0.222 e. The quantitative estimate of drug-likeness (QED) is 0.776. The fourth-order valence-electron chi connectivity index (χ4n) is 2.70. The van der Waals surface area contributed by atoms with Gasteiger partial charge in [0.1, 0.15) is 0 Å². The Bertz CT molecular complexity index is 237. The van der Waals surface area contributed by atoms with Gasteiger partial charge in [-0.3, -0.25) is 4.79 Å². The van der Waals surface area contributed by atoms with Crippen molar-refractivity contribution in [1.29, 1.82) is 0 Å². The molecule has 1 aliphatic carbocycles. The molecule has 0 spiro atoms. The second-order valence-electron chi connectivity index (χ2n) is 6.24. The van der Waals surface area contributed by atoms with Gasteiger partial charge in [-0.05, 0) is 45.4 Å².